The van der Waals surface area contributed by atoms with E-state index >= 15 is 0 Å². The molecule has 2 bridgehead atoms. The van der Waals surface area contributed by atoms with Gasteiger partial charge >= 0.3 is 5.97 Å². The van der Waals surface area contributed by atoms with Crippen molar-refractivity contribution in [1.29, 1.82) is 0 Å². The summed E-state index contributed by atoms with van der Waals surface area (Å²) in [5.74, 6) is 1.47. The van der Waals surface area contributed by atoms with Gasteiger partial charge in [-0.25, -0.2) is 4.79 Å². The monoisotopic (exact) mass is 472 g/mol. The van der Waals surface area contributed by atoms with E-state index in [0.29, 0.717) is 24.0 Å². The number of pyridine rings is 1. The van der Waals surface area contributed by atoms with Crippen molar-refractivity contribution in [3.63, 3.8) is 0 Å². The highest BCUT2D eigenvalue weighted by atomic mass is 16.5. The zero-order valence-electron chi connectivity index (χ0n) is 20.3. The number of methoxy groups -OCH3 is 1. The molecule has 6 nitrogen and oxygen atoms in total. The maximum absolute atomic E-state index is 11.9. The van der Waals surface area contributed by atoms with Crippen molar-refractivity contribution in [2.24, 2.45) is 11.8 Å². The Labute approximate surface area is 206 Å². The maximum atomic E-state index is 11.9. The van der Waals surface area contributed by atoms with Crippen molar-refractivity contribution < 1.29 is 19.4 Å². The van der Waals surface area contributed by atoms with Gasteiger partial charge in [0.15, 0.2) is 0 Å². The quantitative estimate of drug-likeness (QED) is 0.495. The van der Waals surface area contributed by atoms with E-state index in [9.17, 15) is 9.90 Å². The number of nitrogens with zero attached hydrogens (tertiary/aromatic N) is 2. The molecule has 0 radical (unpaired) electrons. The summed E-state index contributed by atoms with van der Waals surface area (Å²) >= 11 is 0. The maximum Gasteiger partial charge on any atom is 0.338 e. The fourth-order valence-corrected chi connectivity index (χ4v) is 5.57. The Morgan fingerprint density at radius 3 is 2.77 bits per heavy atom. The van der Waals surface area contributed by atoms with Crippen LogP contribution in [0.1, 0.15) is 47.4 Å². The lowest BCUT2D eigenvalue weighted by Gasteiger charge is -2.50. The number of carbonyl (C=O) groups is 1. The molecule has 3 aliphatic heterocycles. The van der Waals surface area contributed by atoms with E-state index in [-0.39, 0.29) is 12.0 Å². The number of aliphatic hydroxyl groups is 1. The predicted octanol–water partition coefficient (Wildman–Crippen LogP) is 4.88. The Kier molecular flexibility index (Phi) is 6.84. The van der Waals surface area contributed by atoms with Gasteiger partial charge in [-0.05, 0) is 85.7 Å². The van der Waals surface area contributed by atoms with Crippen molar-refractivity contribution >= 4 is 22.9 Å². The second-order valence-electron chi connectivity index (χ2n) is 9.44. The number of benzene rings is 2. The number of ether oxygens (including phenoxy) is 2. The van der Waals surface area contributed by atoms with Gasteiger partial charge in [-0.3, -0.25) is 9.88 Å². The highest BCUT2D eigenvalue weighted by Gasteiger charge is 2.42. The van der Waals surface area contributed by atoms with E-state index in [4.69, 9.17) is 9.47 Å². The molecule has 6 rings (SSSR count). The summed E-state index contributed by atoms with van der Waals surface area (Å²) in [6.45, 7) is 4.14. The zero-order valence-corrected chi connectivity index (χ0v) is 20.3. The minimum Gasteiger partial charge on any atom is -0.497 e. The molecule has 1 N–H and O–H groups in total. The summed E-state index contributed by atoms with van der Waals surface area (Å²) in [6.07, 6.45) is 7.76. The standard InChI is InChI=1S/C29H32N2O4/c1-3-35-29(33)20-7-4-19(5-8-20)6-9-22-18-31-15-13-21(22)16-27(31)28(32)24-12-14-30-26-11-10-23(34-2)17-25(24)26/h4-12,14,17,21-22,27-28,32H,3,13,15-16,18H2,1-2H3/b9-6+/t21?,22?,27?,28-/m0/s1. The third-order valence-electron chi connectivity index (χ3n) is 7.47. The second kappa shape index (κ2) is 10.2. The molecular weight excluding hydrogens is 440 g/mol. The lowest BCUT2D eigenvalue weighted by Crippen LogP contribution is -2.54. The van der Waals surface area contributed by atoms with E-state index < -0.39 is 6.10 Å². The number of aromatic nitrogens is 1. The topological polar surface area (TPSA) is 71.9 Å². The highest BCUT2D eigenvalue weighted by molar-refractivity contribution is 5.89. The number of hydrogen-bond donors (Lipinski definition) is 1. The summed E-state index contributed by atoms with van der Waals surface area (Å²) in [6, 6.07) is 15.4. The molecule has 2 aromatic carbocycles. The molecular formula is C29H32N2O4. The van der Waals surface area contributed by atoms with E-state index in [1.807, 2.05) is 55.5 Å². The number of piperidine rings is 3. The van der Waals surface area contributed by atoms with Gasteiger partial charge in [-0.1, -0.05) is 24.3 Å². The molecule has 0 saturated carbocycles. The third-order valence-corrected chi connectivity index (χ3v) is 7.47. The first-order valence-electron chi connectivity index (χ1n) is 12.4. The van der Waals surface area contributed by atoms with Gasteiger partial charge in [-0.15, -0.1) is 0 Å². The Morgan fingerprint density at radius 1 is 1.23 bits per heavy atom. The minimum absolute atomic E-state index is 0.0964. The van der Waals surface area contributed by atoms with Crippen molar-refractivity contribution in [2.75, 3.05) is 26.8 Å². The molecule has 4 heterocycles. The second-order valence-corrected chi connectivity index (χ2v) is 9.44. The lowest BCUT2D eigenvalue weighted by molar-refractivity contribution is -0.0444. The van der Waals surface area contributed by atoms with Crippen LogP contribution >= 0.6 is 0 Å². The summed E-state index contributed by atoms with van der Waals surface area (Å²) in [5, 5.41) is 12.4. The van der Waals surface area contributed by atoms with Crippen LogP contribution in [-0.4, -0.2) is 53.8 Å². The van der Waals surface area contributed by atoms with Crippen molar-refractivity contribution in [2.45, 2.75) is 31.9 Å². The Morgan fingerprint density at radius 2 is 2.06 bits per heavy atom. The minimum atomic E-state index is -0.573. The van der Waals surface area contributed by atoms with Gasteiger partial charge in [0, 0.05) is 24.2 Å². The van der Waals surface area contributed by atoms with Gasteiger partial charge in [-0.2, -0.15) is 0 Å². The molecule has 1 aromatic heterocycles. The first-order valence-corrected chi connectivity index (χ1v) is 12.4. The largest absolute Gasteiger partial charge is 0.497 e. The van der Waals surface area contributed by atoms with Crippen LogP contribution in [0.5, 0.6) is 5.75 Å². The van der Waals surface area contributed by atoms with E-state index in [1.54, 1.807) is 13.3 Å². The average Bonchev–Trinajstić information content (AvgIpc) is 2.91. The SMILES string of the molecule is CCOC(=O)c1ccc(/C=C/C2CN3CCC2CC3[C@@H](O)c2ccnc3ccc(OC)cc23)cc1. The number of hydrogen-bond acceptors (Lipinski definition) is 6. The first kappa shape index (κ1) is 23.5. The van der Waals surface area contributed by atoms with Crippen molar-refractivity contribution in [3.05, 3.63) is 77.5 Å². The first-order chi connectivity index (χ1) is 17.1. The predicted molar refractivity (Wildman–Crippen MR) is 136 cm³/mol. The smallest absolute Gasteiger partial charge is 0.338 e. The lowest BCUT2D eigenvalue weighted by atomic mass is 9.73. The molecule has 0 amide bonds. The van der Waals surface area contributed by atoms with Gasteiger partial charge in [0.05, 0.1) is 30.9 Å². The fourth-order valence-electron chi connectivity index (χ4n) is 5.57. The zero-order chi connectivity index (χ0) is 24.4. The molecule has 35 heavy (non-hydrogen) atoms. The Bertz CT molecular complexity index is 1220. The van der Waals surface area contributed by atoms with E-state index in [2.05, 4.69) is 22.0 Å². The summed E-state index contributed by atoms with van der Waals surface area (Å²) in [7, 11) is 1.65. The Hall–Kier alpha value is -3.22. The third kappa shape index (κ3) is 4.81. The number of esters is 1. The van der Waals surface area contributed by atoms with Crippen LogP contribution in [0.25, 0.3) is 17.0 Å². The molecule has 0 aliphatic carbocycles. The summed E-state index contributed by atoms with van der Waals surface area (Å²) < 4.78 is 10.5. The normalized spacial score (nSPS) is 24.5. The molecule has 5 atom stereocenters. The fraction of sp³-hybridized carbons (Fsp3) is 0.379. The highest BCUT2D eigenvalue weighted by Crippen LogP contribution is 2.42. The van der Waals surface area contributed by atoms with Crippen molar-refractivity contribution in [3.8, 4) is 5.75 Å². The van der Waals surface area contributed by atoms with Gasteiger partial charge in [0.25, 0.3) is 0 Å². The van der Waals surface area contributed by atoms with Gasteiger partial charge in [0.1, 0.15) is 5.75 Å². The molecule has 182 valence electrons. The molecule has 3 saturated heterocycles. The van der Waals surface area contributed by atoms with Crippen LogP contribution in [0.3, 0.4) is 0 Å². The average molecular weight is 473 g/mol. The van der Waals surface area contributed by atoms with Gasteiger partial charge in [0.2, 0.25) is 0 Å². The van der Waals surface area contributed by atoms with Crippen LogP contribution in [0.2, 0.25) is 0 Å². The molecule has 3 aliphatic rings. The van der Waals surface area contributed by atoms with Crippen LogP contribution in [0.4, 0.5) is 0 Å². The van der Waals surface area contributed by atoms with Gasteiger partial charge < -0.3 is 14.6 Å². The molecule has 0 spiro atoms. The van der Waals surface area contributed by atoms with E-state index in [0.717, 1.165) is 53.7 Å². The molecule has 3 fully saturated rings. The van der Waals surface area contributed by atoms with E-state index in [1.165, 1.54) is 0 Å². The Balaban J connectivity index is 1.29. The number of rotatable bonds is 7. The summed E-state index contributed by atoms with van der Waals surface area (Å²) in [4.78, 5) is 18.8. The number of fused-ring (bicyclic) bond motifs is 4. The molecule has 6 heteroatoms. The van der Waals surface area contributed by atoms with Crippen molar-refractivity contribution in [1.82, 2.24) is 9.88 Å². The van der Waals surface area contributed by atoms with Crippen LogP contribution in [0.15, 0.2) is 60.8 Å². The molecule has 3 aromatic rings. The number of carbonyl (C=O) groups excluding carboxylic acids is 1. The van der Waals surface area contributed by atoms with Crippen LogP contribution < -0.4 is 4.74 Å². The van der Waals surface area contributed by atoms with Crippen LogP contribution in [0, 0.1) is 11.8 Å². The molecule has 4 unspecified atom stereocenters. The number of aliphatic hydroxyl groups excluding tert-OH is 1. The van der Waals surface area contributed by atoms with Crippen LogP contribution in [-0.2, 0) is 4.74 Å². The summed E-state index contributed by atoms with van der Waals surface area (Å²) in [5.41, 5.74) is 3.43.